The highest BCUT2D eigenvalue weighted by atomic mass is 35.5. The molecule has 0 atom stereocenters. The van der Waals surface area contributed by atoms with Gasteiger partial charge in [0.2, 0.25) is 5.91 Å². The van der Waals surface area contributed by atoms with Gasteiger partial charge in [-0.1, -0.05) is 30.7 Å². The van der Waals surface area contributed by atoms with Crippen LogP contribution in [0, 0.1) is 10.1 Å². The molecule has 1 N–H and O–H groups in total. The highest BCUT2D eigenvalue weighted by molar-refractivity contribution is 6.32. The molecule has 2 aromatic carbocycles. The number of nitrogens with zero attached hydrogens (tertiary/aromatic N) is 1. The van der Waals surface area contributed by atoms with Gasteiger partial charge in [-0.3, -0.25) is 14.9 Å². The van der Waals surface area contributed by atoms with E-state index < -0.39 is 10.8 Å². The maximum atomic E-state index is 11.9. The van der Waals surface area contributed by atoms with E-state index in [-0.39, 0.29) is 10.7 Å². The Bertz CT molecular complexity index is 788. The Labute approximate surface area is 150 Å². The number of rotatable bonds is 7. The van der Waals surface area contributed by atoms with Crippen molar-refractivity contribution in [2.24, 2.45) is 0 Å². The molecule has 0 saturated carbocycles. The molecule has 0 aliphatic heterocycles. The third-order valence-electron chi connectivity index (χ3n) is 3.19. The number of carbonyl (C=O) groups excluding carboxylic acids is 1. The van der Waals surface area contributed by atoms with E-state index >= 15 is 0 Å². The summed E-state index contributed by atoms with van der Waals surface area (Å²) >= 11 is 5.73. The number of hydrogen-bond acceptors (Lipinski definition) is 4. The number of anilines is 1. The minimum atomic E-state index is -0.601. The number of hydrogen-bond donors (Lipinski definition) is 1. The van der Waals surface area contributed by atoms with Crippen LogP contribution in [0.15, 0.2) is 48.5 Å². The zero-order valence-corrected chi connectivity index (χ0v) is 14.3. The van der Waals surface area contributed by atoms with Crippen LogP contribution >= 0.6 is 11.6 Å². The molecule has 0 fully saturated rings. The number of carbonyl (C=O) groups is 1. The summed E-state index contributed by atoms with van der Waals surface area (Å²) in [5, 5.41) is 13.4. The van der Waals surface area contributed by atoms with Crippen LogP contribution in [0.25, 0.3) is 6.08 Å². The molecule has 0 unspecified atom stereocenters. The molecule has 7 heteroatoms. The van der Waals surface area contributed by atoms with Crippen LogP contribution in [0.4, 0.5) is 11.4 Å². The molecule has 1 amide bonds. The standard InChI is InChI=1S/C18H17ClN2O4/c1-2-11-25-15-7-3-13(4-8-15)5-10-18(22)20-14-6-9-16(19)17(12-14)21(23)24/h3-10,12H,2,11H2,1H3,(H,20,22)/b10-5+. The summed E-state index contributed by atoms with van der Waals surface area (Å²) < 4.78 is 5.49. The normalized spacial score (nSPS) is 10.6. The Balaban J connectivity index is 1.99. The van der Waals surface area contributed by atoms with Crippen LogP contribution in [-0.2, 0) is 4.79 Å². The van der Waals surface area contributed by atoms with Gasteiger partial charge in [0.25, 0.3) is 5.69 Å². The van der Waals surface area contributed by atoms with Gasteiger partial charge < -0.3 is 10.1 Å². The van der Waals surface area contributed by atoms with Gasteiger partial charge in [-0.15, -0.1) is 0 Å². The number of halogens is 1. The lowest BCUT2D eigenvalue weighted by Crippen LogP contribution is -2.08. The van der Waals surface area contributed by atoms with E-state index in [4.69, 9.17) is 16.3 Å². The van der Waals surface area contributed by atoms with Gasteiger partial charge in [0, 0.05) is 17.8 Å². The van der Waals surface area contributed by atoms with Gasteiger partial charge in [-0.25, -0.2) is 0 Å². The van der Waals surface area contributed by atoms with Gasteiger partial charge in [0.15, 0.2) is 0 Å². The summed E-state index contributed by atoms with van der Waals surface area (Å²) in [5.74, 6) is 0.375. The van der Waals surface area contributed by atoms with Crippen LogP contribution in [0.1, 0.15) is 18.9 Å². The van der Waals surface area contributed by atoms with Crippen LogP contribution in [0.3, 0.4) is 0 Å². The van der Waals surface area contributed by atoms with Crippen molar-refractivity contribution in [3.63, 3.8) is 0 Å². The van der Waals surface area contributed by atoms with Crippen molar-refractivity contribution in [2.45, 2.75) is 13.3 Å². The molecule has 0 heterocycles. The second-order valence-corrected chi connectivity index (χ2v) is 5.57. The molecule has 0 radical (unpaired) electrons. The van der Waals surface area contributed by atoms with E-state index in [2.05, 4.69) is 5.32 Å². The molecular formula is C18H17ClN2O4. The molecular weight excluding hydrogens is 344 g/mol. The Morgan fingerprint density at radius 2 is 2.00 bits per heavy atom. The second kappa shape index (κ2) is 8.84. The number of nitro benzene ring substituents is 1. The van der Waals surface area contributed by atoms with Crippen molar-refractivity contribution in [3.05, 3.63) is 69.2 Å². The lowest BCUT2D eigenvalue weighted by atomic mass is 10.2. The highest BCUT2D eigenvalue weighted by Crippen LogP contribution is 2.27. The third kappa shape index (κ3) is 5.61. The number of ether oxygens (including phenoxy) is 1. The molecule has 0 aliphatic rings. The van der Waals surface area contributed by atoms with Crippen molar-refractivity contribution in [3.8, 4) is 5.75 Å². The van der Waals surface area contributed by atoms with Crippen LogP contribution < -0.4 is 10.1 Å². The van der Waals surface area contributed by atoms with Crippen LogP contribution in [-0.4, -0.2) is 17.4 Å². The van der Waals surface area contributed by atoms with E-state index in [1.807, 2.05) is 31.2 Å². The van der Waals surface area contributed by atoms with E-state index in [1.54, 1.807) is 6.08 Å². The van der Waals surface area contributed by atoms with Crippen molar-refractivity contribution < 1.29 is 14.5 Å². The molecule has 25 heavy (non-hydrogen) atoms. The zero-order chi connectivity index (χ0) is 18.2. The summed E-state index contributed by atoms with van der Waals surface area (Å²) in [6, 6.07) is 11.4. The summed E-state index contributed by atoms with van der Waals surface area (Å²) in [5.41, 5.74) is 0.876. The summed E-state index contributed by atoms with van der Waals surface area (Å²) in [6.07, 6.45) is 3.93. The average molecular weight is 361 g/mol. The average Bonchev–Trinajstić information content (AvgIpc) is 2.60. The van der Waals surface area contributed by atoms with E-state index in [0.717, 1.165) is 17.7 Å². The van der Waals surface area contributed by atoms with Gasteiger partial charge >= 0.3 is 0 Å². The van der Waals surface area contributed by atoms with Crippen molar-refractivity contribution in [1.82, 2.24) is 0 Å². The zero-order valence-electron chi connectivity index (χ0n) is 13.6. The minimum Gasteiger partial charge on any atom is -0.494 e. The van der Waals surface area contributed by atoms with Crippen LogP contribution in [0.2, 0.25) is 5.02 Å². The Hall–Kier alpha value is -2.86. The Kier molecular flexibility index (Phi) is 6.54. The van der Waals surface area contributed by atoms with Crippen molar-refractivity contribution in [1.29, 1.82) is 0 Å². The fraction of sp³-hybridized carbons (Fsp3) is 0.167. The number of nitro groups is 1. The lowest BCUT2D eigenvalue weighted by molar-refractivity contribution is -0.384. The Morgan fingerprint density at radius 3 is 2.64 bits per heavy atom. The molecule has 130 valence electrons. The van der Waals surface area contributed by atoms with Gasteiger partial charge in [0.05, 0.1) is 11.5 Å². The number of benzene rings is 2. The molecule has 2 rings (SSSR count). The maximum absolute atomic E-state index is 11.9. The smallest absolute Gasteiger partial charge is 0.289 e. The Morgan fingerprint density at radius 1 is 1.28 bits per heavy atom. The molecule has 0 spiro atoms. The molecule has 6 nitrogen and oxygen atoms in total. The highest BCUT2D eigenvalue weighted by Gasteiger charge is 2.13. The van der Waals surface area contributed by atoms with E-state index in [9.17, 15) is 14.9 Å². The molecule has 0 aliphatic carbocycles. The largest absolute Gasteiger partial charge is 0.494 e. The third-order valence-corrected chi connectivity index (χ3v) is 3.51. The monoisotopic (exact) mass is 360 g/mol. The second-order valence-electron chi connectivity index (χ2n) is 5.16. The number of amides is 1. The predicted molar refractivity (Wildman–Crippen MR) is 98.0 cm³/mol. The molecule has 0 bridgehead atoms. The van der Waals surface area contributed by atoms with Crippen molar-refractivity contribution in [2.75, 3.05) is 11.9 Å². The fourth-order valence-electron chi connectivity index (χ4n) is 1.98. The molecule has 2 aromatic rings. The summed E-state index contributed by atoms with van der Waals surface area (Å²) in [6.45, 7) is 2.69. The van der Waals surface area contributed by atoms with Gasteiger partial charge in [-0.2, -0.15) is 0 Å². The van der Waals surface area contributed by atoms with Crippen molar-refractivity contribution >= 4 is 35.0 Å². The first-order valence-corrected chi connectivity index (χ1v) is 8.03. The summed E-state index contributed by atoms with van der Waals surface area (Å²) in [4.78, 5) is 22.2. The first kappa shape index (κ1) is 18.5. The first-order chi connectivity index (χ1) is 12.0. The maximum Gasteiger partial charge on any atom is 0.289 e. The molecule has 0 aromatic heterocycles. The van der Waals surface area contributed by atoms with E-state index in [0.29, 0.717) is 12.3 Å². The quantitative estimate of drug-likeness (QED) is 0.441. The first-order valence-electron chi connectivity index (χ1n) is 7.65. The number of nitrogens with one attached hydrogen (secondary N) is 1. The lowest BCUT2D eigenvalue weighted by Gasteiger charge is -2.04. The topological polar surface area (TPSA) is 81.5 Å². The van der Waals surface area contributed by atoms with Crippen LogP contribution in [0.5, 0.6) is 5.75 Å². The minimum absolute atomic E-state index is 0.0175. The van der Waals surface area contributed by atoms with E-state index in [1.165, 1.54) is 24.3 Å². The van der Waals surface area contributed by atoms with Gasteiger partial charge in [-0.05, 0) is 42.3 Å². The SMILES string of the molecule is CCCOc1ccc(/C=C/C(=O)Nc2ccc(Cl)c([N+](=O)[O-])c2)cc1. The van der Waals surface area contributed by atoms with Gasteiger partial charge in [0.1, 0.15) is 10.8 Å². The molecule has 0 saturated heterocycles. The fourth-order valence-corrected chi connectivity index (χ4v) is 2.17. The predicted octanol–water partition coefficient (Wildman–Crippen LogP) is 4.69. The summed E-state index contributed by atoms with van der Waals surface area (Å²) in [7, 11) is 0.